The molecule has 1 aliphatic carbocycles. The smallest absolute Gasteiger partial charge is 0.389 e. The summed E-state index contributed by atoms with van der Waals surface area (Å²) in [4.78, 5) is 11.8. The van der Waals surface area contributed by atoms with Crippen molar-refractivity contribution in [2.45, 2.75) is 25.1 Å². The predicted octanol–water partition coefficient (Wildman–Crippen LogP) is 2.22. The Balaban J connectivity index is 1.78. The second-order valence-corrected chi connectivity index (χ2v) is 5.42. The van der Waals surface area contributed by atoms with Crippen LogP contribution in [0.5, 0.6) is 0 Å². The summed E-state index contributed by atoms with van der Waals surface area (Å²) in [5.74, 6) is -0.0840. The molecule has 1 fully saturated rings. The first-order valence-electron chi connectivity index (χ1n) is 7.07. The summed E-state index contributed by atoms with van der Waals surface area (Å²) in [6.45, 7) is 0.623. The Morgan fingerprint density at radius 2 is 2.14 bits per heavy atom. The van der Waals surface area contributed by atoms with Gasteiger partial charge in [0, 0.05) is 18.7 Å². The molecule has 1 atom stereocenters. The normalized spacial score (nSPS) is 16.4. The van der Waals surface area contributed by atoms with Gasteiger partial charge in [0.25, 0.3) is 5.91 Å². The molecule has 1 aliphatic rings. The molecule has 7 heteroatoms. The highest BCUT2D eigenvalue weighted by Gasteiger charge is 2.30. The first kappa shape index (κ1) is 16.8. The van der Waals surface area contributed by atoms with Gasteiger partial charge in [0.1, 0.15) is 0 Å². The molecule has 22 heavy (non-hydrogen) atoms. The molecule has 0 spiro atoms. The lowest BCUT2D eigenvalue weighted by atomic mass is 10.1. The molecule has 1 unspecified atom stereocenters. The summed E-state index contributed by atoms with van der Waals surface area (Å²) in [7, 11) is 0. The SMILES string of the molecule is O=C(NCC(O)COCC1CC1)c1cccc(C(F)(F)F)c1. The van der Waals surface area contributed by atoms with E-state index >= 15 is 0 Å². The molecule has 1 amide bonds. The third-order valence-electron chi connectivity index (χ3n) is 3.31. The van der Waals surface area contributed by atoms with E-state index in [0.29, 0.717) is 12.5 Å². The summed E-state index contributed by atoms with van der Waals surface area (Å²) in [6.07, 6.45) is -3.09. The zero-order valence-corrected chi connectivity index (χ0v) is 11.9. The van der Waals surface area contributed by atoms with E-state index < -0.39 is 23.8 Å². The maximum Gasteiger partial charge on any atom is 0.416 e. The number of halogens is 3. The molecular formula is C15H18F3NO3. The minimum Gasteiger partial charge on any atom is -0.389 e. The number of nitrogens with one attached hydrogen (secondary N) is 1. The van der Waals surface area contributed by atoms with Crippen LogP contribution in [0.25, 0.3) is 0 Å². The fourth-order valence-electron chi connectivity index (χ4n) is 1.86. The van der Waals surface area contributed by atoms with Crippen LogP contribution >= 0.6 is 0 Å². The molecule has 2 N–H and O–H groups in total. The number of carbonyl (C=O) groups is 1. The summed E-state index contributed by atoms with van der Waals surface area (Å²) in [5, 5.41) is 12.0. The van der Waals surface area contributed by atoms with Crippen LogP contribution in [-0.2, 0) is 10.9 Å². The van der Waals surface area contributed by atoms with Crippen LogP contribution in [0.2, 0.25) is 0 Å². The van der Waals surface area contributed by atoms with Crippen molar-refractivity contribution in [2.24, 2.45) is 5.92 Å². The number of benzene rings is 1. The summed E-state index contributed by atoms with van der Waals surface area (Å²) >= 11 is 0. The number of alkyl halides is 3. The van der Waals surface area contributed by atoms with Crippen molar-refractivity contribution < 1.29 is 27.8 Å². The van der Waals surface area contributed by atoms with Gasteiger partial charge in [-0.3, -0.25) is 4.79 Å². The third-order valence-corrected chi connectivity index (χ3v) is 3.31. The van der Waals surface area contributed by atoms with Crippen molar-refractivity contribution in [2.75, 3.05) is 19.8 Å². The maximum absolute atomic E-state index is 12.6. The number of hydrogen-bond acceptors (Lipinski definition) is 3. The lowest BCUT2D eigenvalue weighted by Gasteiger charge is -2.13. The topological polar surface area (TPSA) is 58.6 Å². The van der Waals surface area contributed by atoms with Crippen LogP contribution in [0.1, 0.15) is 28.8 Å². The zero-order chi connectivity index (χ0) is 16.2. The van der Waals surface area contributed by atoms with E-state index in [-0.39, 0.29) is 18.7 Å². The largest absolute Gasteiger partial charge is 0.416 e. The van der Waals surface area contributed by atoms with E-state index in [4.69, 9.17) is 4.74 Å². The van der Waals surface area contributed by atoms with Gasteiger partial charge in [0.2, 0.25) is 0 Å². The van der Waals surface area contributed by atoms with Crippen molar-refractivity contribution in [3.8, 4) is 0 Å². The van der Waals surface area contributed by atoms with Crippen molar-refractivity contribution in [3.05, 3.63) is 35.4 Å². The fraction of sp³-hybridized carbons (Fsp3) is 0.533. The maximum atomic E-state index is 12.6. The van der Waals surface area contributed by atoms with E-state index in [9.17, 15) is 23.1 Å². The number of hydrogen-bond donors (Lipinski definition) is 2. The Kier molecular flexibility index (Phi) is 5.42. The average molecular weight is 317 g/mol. The minimum atomic E-state index is -4.49. The monoisotopic (exact) mass is 317 g/mol. The Hall–Kier alpha value is -1.60. The van der Waals surface area contributed by atoms with Gasteiger partial charge >= 0.3 is 6.18 Å². The van der Waals surface area contributed by atoms with E-state index in [2.05, 4.69) is 5.32 Å². The summed E-state index contributed by atoms with van der Waals surface area (Å²) < 4.78 is 43.0. The van der Waals surface area contributed by atoms with Crippen LogP contribution in [0.3, 0.4) is 0 Å². The number of aliphatic hydroxyl groups is 1. The van der Waals surface area contributed by atoms with Gasteiger partial charge in [0.05, 0.1) is 18.3 Å². The summed E-state index contributed by atoms with van der Waals surface area (Å²) in [5.41, 5.74) is -0.977. The molecule has 1 aromatic carbocycles. The Bertz CT molecular complexity index is 515. The Labute approximate surface area is 126 Å². The Morgan fingerprint density at radius 3 is 2.77 bits per heavy atom. The first-order valence-corrected chi connectivity index (χ1v) is 7.07. The molecule has 0 aromatic heterocycles. The van der Waals surface area contributed by atoms with Gasteiger partial charge in [-0.25, -0.2) is 0 Å². The molecule has 0 saturated heterocycles. The van der Waals surface area contributed by atoms with Gasteiger partial charge in [-0.15, -0.1) is 0 Å². The molecule has 122 valence electrons. The quantitative estimate of drug-likeness (QED) is 0.811. The molecule has 4 nitrogen and oxygen atoms in total. The minimum absolute atomic E-state index is 0.0697. The highest BCUT2D eigenvalue weighted by molar-refractivity contribution is 5.94. The van der Waals surface area contributed by atoms with Gasteiger partial charge in [-0.05, 0) is 37.0 Å². The van der Waals surface area contributed by atoms with Crippen molar-refractivity contribution in [1.29, 1.82) is 0 Å². The van der Waals surface area contributed by atoms with Crippen molar-refractivity contribution >= 4 is 5.91 Å². The number of amides is 1. The summed E-state index contributed by atoms with van der Waals surface area (Å²) in [6, 6.07) is 4.15. The van der Waals surface area contributed by atoms with Crippen LogP contribution in [0.15, 0.2) is 24.3 Å². The average Bonchev–Trinajstić information content (AvgIpc) is 3.28. The first-order chi connectivity index (χ1) is 10.4. The van der Waals surface area contributed by atoms with E-state index in [1.165, 1.54) is 12.1 Å². The van der Waals surface area contributed by atoms with Crippen molar-refractivity contribution in [1.82, 2.24) is 5.32 Å². The van der Waals surface area contributed by atoms with Crippen LogP contribution in [0.4, 0.5) is 13.2 Å². The fourth-order valence-corrected chi connectivity index (χ4v) is 1.86. The van der Waals surface area contributed by atoms with Gasteiger partial charge < -0.3 is 15.2 Å². The highest BCUT2D eigenvalue weighted by atomic mass is 19.4. The van der Waals surface area contributed by atoms with Gasteiger partial charge in [-0.2, -0.15) is 13.2 Å². The molecule has 0 aliphatic heterocycles. The highest BCUT2D eigenvalue weighted by Crippen LogP contribution is 2.29. The van der Waals surface area contributed by atoms with Crippen LogP contribution in [-0.4, -0.2) is 36.9 Å². The second kappa shape index (κ2) is 7.11. The lowest BCUT2D eigenvalue weighted by molar-refractivity contribution is -0.137. The number of carbonyl (C=O) groups excluding carboxylic acids is 1. The van der Waals surface area contributed by atoms with Gasteiger partial charge in [0.15, 0.2) is 0 Å². The zero-order valence-electron chi connectivity index (χ0n) is 11.9. The number of ether oxygens (including phenoxy) is 1. The van der Waals surface area contributed by atoms with E-state index in [1.807, 2.05) is 0 Å². The van der Waals surface area contributed by atoms with Crippen LogP contribution < -0.4 is 5.32 Å². The number of aliphatic hydroxyl groups excluding tert-OH is 1. The van der Waals surface area contributed by atoms with Crippen LogP contribution in [0, 0.1) is 5.92 Å². The molecule has 1 saturated carbocycles. The third kappa shape index (κ3) is 5.31. The van der Waals surface area contributed by atoms with Crippen molar-refractivity contribution in [3.63, 3.8) is 0 Å². The standard InChI is InChI=1S/C15H18F3NO3/c16-15(17,18)12-3-1-2-11(6-12)14(21)19-7-13(20)9-22-8-10-4-5-10/h1-3,6,10,13,20H,4-5,7-9H2,(H,19,21). The predicted molar refractivity (Wildman–Crippen MR) is 73.3 cm³/mol. The van der Waals surface area contributed by atoms with E-state index in [0.717, 1.165) is 25.0 Å². The molecule has 0 bridgehead atoms. The van der Waals surface area contributed by atoms with E-state index in [1.54, 1.807) is 0 Å². The van der Waals surface area contributed by atoms with Gasteiger partial charge in [-0.1, -0.05) is 6.07 Å². The molecule has 0 radical (unpaired) electrons. The molecular weight excluding hydrogens is 299 g/mol. The molecule has 2 rings (SSSR count). The lowest BCUT2D eigenvalue weighted by Crippen LogP contribution is -2.34. The number of rotatable bonds is 7. The molecule has 0 heterocycles. The molecule has 1 aromatic rings. The second-order valence-electron chi connectivity index (χ2n) is 5.42. The Morgan fingerprint density at radius 1 is 1.41 bits per heavy atom.